The van der Waals surface area contributed by atoms with Crippen molar-refractivity contribution >= 4 is 17.5 Å². The molecule has 2 aromatic carbocycles. The van der Waals surface area contributed by atoms with E-state index >= 15 is 0 Å². The first-order valence-corrected chi connectivity index (χ1v) is 10.7. The molecule has 1 atom stereocenters. The van der Waals surface area contributed by atoms with E-state index in [4.69, 9.17) is 14.5 Å². The van der Waals surface area contributed by atoms with E-state index in [2.05, 4.69) is 32.3 Å². The first kappa shape index (κ1) is 20.7. The number of benzene rings is 2. The Morgan fingerprint density at radius 1 is 1.15 bits per heavy atom. The molecule has 2 aromatic heterocycles. The van der Waals surface area contributed by atoms with Crippen LogP contribution in [0.25, 0.3) is 5.69 Å². The number of fused-ring (bicyclic) bond motifs is 1. The summed E-state index contributed by atoms with van der Waals surface area (Å²) >= 11 is 0. The molecule has 0 saturated carbocycles. The summed E-state index contributed by atoms with van der Waals surface area (Å²) in [4.78, 5) is 15.6. The highest BCUT2D eigenvalue weighted by Crippen LogP contribution is 2.37. The van der Waals surface area contributed by atoms with Gasteiger partial charge in [0.25, 0.3) is 5.69 Å². The Bertz CT molecular complexity index is 1280. The van der Waals surface area contributed by atoms with E-state index < -0.39 is 0 Å². The average Bonchev–Trinajstić information content (AvgIpc) is 2.85. The summed E-state index contributed by atoms with van der Waals surface area (Å²) in [7, 11) is 3.68. The summed E-state index contributed by atoms with van der Waals surface area (Å²) in [5.74, 6) is 2.63. The van der Waals surface area contributed by atoms with Crippen LogP contribution in [0, 0.1) is 6.92 Å². The van der Waals surface area contributed by atoms with Crippen molar-refractivity contribution in [2.45, 2.75) is 13.0 Å². The number of nitrogens with zero attached hydrogens (tertiary/aromatic N) is 5. The zero-order valence-corrected chi connectivity index (χ0v) is 18.8. The zero-order valence-electron chi connectivity index (χ0n) is 18.8. The molecule has 8 nitrogen and oxygen atoms in total. The summed E-state index contributed by atoms with van der Waals surface area (Å²) in [5, 5.41) is 3.29. The highest BCUT2D eigenvalue weighted by Gasteiger charge is 2.28. The third kappa shape index (κ3) is 4.15. The van der Waals surface area contributed by atoms with Crippen molar-refractivity contribution in [3.8, 4) is 17.2 Å². The van der Waals surface area contributed by atoms with Crippen LogP contribution >= 0.6 is 0 Å². The molecule has 0 spiro atoms. The second kappa shape index (κ2) is 8.74. The van der Waals surface area contributed by atoms with E-state index in [1.807, 2.05) is 67.3 Å². The van der Waals surface area contributed by atoms with Crippen LogP contribution in [0.1, 0.15) is 17.3 Å². The molecule has 0 fully saturated rings. The van der Waals surface area contributed by atoms with Gasteiger partial charge in [0.1, 0.15) is 12.3 Å². The van der Waals surface area contributed by atoms with Crippen LogP contribution in [-0.4, -0.2) is 35.7 Å². The third-order valence-corrected chi connectivity index (χ3v) is 5.66. The molecule has 0 amide bonds. The second-order valence-electron chi connectivity index (χ2n) is 7.85. The smallest absolute Gasteiger partial charge is 0.253 e. The predicted molar refractivity (Wildman–Crippen MR) is 125 cm³/mol. The number of likely N-dealkylation sites (N-methyl/N-ethyl adjacent to an activating group) is 1. The fraction of sp³-hybridized carbons (Fsp3) is 0.200. The van der Waals surface area contributed by atoms with E-state index in [9.17, 15) is 0 Å². The topological polar surface area (TPSA) is 76.3 Å². The molecule has 3 heterocycles. The van der Waals surface area contributed by atoms with Gasteiger partial charge >= 0.3 is 0 Å². The minimum Gasteiger partial charge on any atom is -0.490 e. The molecule has 0 bridgehead atoms. The van der Waals surface area contributed by atoms with Crippen molar-refractivity contribution in [1.82, 2.24) is 15.0 Å². The van der Waals surface area contributed by atoms with E-state index in [1.54, 1.807) is 19.5 Å². The molecule has 0 saturated heterocycles. The highest BCUT2D eigenvalue weighted by molar-refractivity contribution is 5.63. The van der Waals surface area contributed by atoms with Crippen molar-refractivity contribution in [3.63, 3.8) is 0 Å². The SMILES string of the molecule is COc1cc(Nc2ncc3c(n2)N(C)[C@@H](c2ccccc2)CO3)ccc1-[n+]1ccnc(C)c1. The molecular formula is C25H25N6O2+. The van der Waals surface area contributed by atoms with E-state index in [0.29, 0.717) is 18.3 Å². The molecule has 0 radical (unpaired) electrons. The Balaban J connectivity index is 1.41. The lowest BCUT2D eigenvalue weighted by molar-refractivity contribution is -0.597. The van der Waals surface area contributed by atoms with Crippen LogP contribution in [0.5, 0.6) is 11.5 Å². The normalized spacial score (nSPS) is 14.9. The average molecular weight is 442 g/mol. The summed E-state index contributed by atoms with van der Waals surface area (Å²) in [6, 6.07) is 16.3. The standard InChI is InChI=1S/C25H25N6O2/c1-17-15-31(12-11-26-17)20-10-9-19(13-22(20)32-3)28-25-27-14-23-24(29-25)30(2)21(16-33-23)18-7-5-4-6-8-18/h4-15,21H,16H2,1-3H3,(H,27,28,29)/q+1/t21-/m1/s1. The van der Waals surface area contributed by atoms with Crippen molar-refractivity contribution < 1.29 is 14.0 Å². The van der Waals surface area contributed by atoms with Gasteiger partial charge in [0, 0.05) is 24.9 Å². The van der Waals surface area contributed by atoms with Crippen molar-refractivity contribution in [2.75, 3.05) is 31.0 Å². The lowest BCUT2D eigenvalue weighted by Gasteiger charge is -2.34. The van der Waals surface area contributed by atoms with Gasteiger partial charge in [-0.3, -0.25) is 0 Å². The first-order valence-electron chi connectivity index (χ1n) is 10.7. The molecule has 166 valence electrons. The van der Waals surface area contributed by atoms with Gasteiger partial charge in [-0.1, -0.05) is 30.3 Å². The number of ether oxygens (including phenoxy) is 2. The number of anilines is 3. The van der Waals surface area contributed by atoms with Crippen LogP contribution in [-0.2, 0) is 0 Å². The quantitative estimate of drug-likeness (QED) is 0.473. The van der Waals surface area contributed by atoms with Gasteiger partial charge in [-0.15, -0.1) is 0 Å². The van der Waals surface area contributed by atoms with Crippen molar-refractivity contribution in [2.24, 2.45) is 0 Å². The Hall–Kier alpha value is -4.20. The molecule has 5 rings (SSSR count). The molecule has 1 aliphatic heterocycles. The molecule has 0 unspecified atom stereocenters. The van der Waals surface area contributed by atoms with Crippen molar-refractivity contribution in [1.29, 1.82) is 0 Å². The second-order valence-corrected chi connectivity index (χ2v) is 7.85. The van der Waals surface area contributed by atoms with E-state index in [-0.39, 0.29) is 6.04 Å². The monoisotopic (exact) mass is 441 g/mol. The maximum atomic E-state index is 5.95. The summed E-state index contributed by atoms with van der Waals surface area (Å²) in [5.41, 5.74) is 3.84. The minimum absolute atomic E-state index is 0.0849. The molecule has 33 heavy (non-hydrogen) atoms. The van der Waals surface area contributed by atoms with Gasteiger partial charge in [-0.2, -0.15) is 9.55 Å². The molecule has 1 N–H and O–H groups in total. The van der Waals surface area contributed by atoms with Gasteiger partial charge in [0.15, 0.2) is 29.7 Å². The summed E-state index contributed by atoms with van der Waals surface area (Å²) in [6.07, 6.45) is 7.33. The fourth-order valence-corrected chi connectivity index (χ4v) is 3.95. The first-order chi connectivity index (χ1) is 16.1. The Morgan fingerprint density at radius 2 is 2.00 bits per heavy atom. The summed E-state index contributed by atoms with van der Waals surface area (Å²) in [6.45, 7) is 2.50. The zero-order chi connectivity index (χ0) is 22.8. The number of hydrogen-bond donors (Lipinski definition) is 1. The highest BCUT2D eigenvalue weighted by atomic mass is 16.5. The number of methoxy groups -OCH3 is 1. The van der Waals surface area contributed by atoms with E-state index in [1.165, 1.54) is 5.56 Å². The van der Waals surface area contributed by atoms with Crippen LogP contribution < -0.4 is 24.3 Å². The lowest BCUT2D eigenvalue weighted by atomic mass is 10.1. The minimum atomic E-state index is 0.0849. The van der Waals surface area contributed by atoms with Crippen LogP contribution in [0.15, 0.2) is 73.3 Å². The number of aromatic nitrogens is 4. The van der Waals surface area contributed by atoms with Gasteiger partial charge < -0.3 is 19.7 Å². The van der Waals surface area contributed by atoms with Gasteiger partial charge in [-0.05, 0) is 18.6 Å². The Morgan fingerprint density at radius 3 is 2.79 bits per heavy atom. The maximum Gasteiger partial charge on any atom is 0.253 e. The largest absolute Gasteiger partial charge is 0.490 e. The Labute approximate surface area is 192 Å². The molecule has 1 aliphatic rings. The molecule has 0 aliphatic carbocycles. The number of nitrogens with one attached hydrogen (secondary N) is 1. The molecule has 4 aromatic rings. The number of hydrogen-bond acceptors (Lipinski definition) is 7. The molecular weight excluding hydrogens is 416 g/mol. The summed E-state index contributed by atoms with van der Waals surface area (Å²) < 4.78 is 13.6. The maximum absolute atomic E-state index is 5.95. The van der Waals surface area contributed by atoms with Gasteiger partial charge in [0.2, 0.25) is 5.95 Å². The van der Waals surface area contributed by atoms with Gasteiger partial charge in [0.05, 0.1) is 25.5 Å². The predicted octanol–water partition coefficient (Wildman–Crippen LogP) is 3.78. The fourth-order valence-electron chi connectivity index (χ4n) is 3.95. The van der Waals surface area contributed by atoms with E-state index in [0.717, 1.165) is 28.6 Å². The van der Waals surface area contributed by atoms with Crippen LogP contribution in [0.2, 0.25) is 0 Å². The lowest BCUT2D eigenvalue weighted by Crippen LogP contribution is -2.34. The van der Waals surface area contributed by atoms with Crippen LogP contribution in [0.3, 0.4) is 0 Å². The number of aryl methyl sites for hydroxylation is 1. The number of rotatable bonds is 5. The van der Waals surface area contributed by atoms with Crippen molar-refractivity contribution in [3.05, 3.63) is 84.6 Å². The van der Waals surface area contributed by atoms with Crippen LogP contribution in [0.4, 0.5) is 17.5 Å². The third-order valence-electron chi connectivity index (χ3n) is 5.66. The molecule has 8 heteroatoms. The Kier molecular flexibility index (Phi) is 5.48. The van der Waals surface area contributed by atoms with Gasteiger partial charge in [-0.25, -0.2) is 9.97 Å².